The summed E-state index contributed by atoms with van der Waals surface area (Å²) in [6.45, 7) is 2.18. The van der Waals surface area contributed by atoms with Crippen molar-refractivity contribution in [2.24, 2.45) is 0 Å². The first kappa shape index (κ1) is 18.7. The summed E-state index contributed by atoms with van der Waals surface area (Å²) in [4.78, 5) is 25.3. The van der Waals surface area contributed by atoms with Crippen LogP contribution in [0.1, 0.15) is 32.8 Å². The van der Waals surface area contributed by atoms with Gasteiger partial charge in [-0.15, -0.1) is 0 Å². The van der Waals surface area contributed by atoms with Crippen LogP contribution in [-0.2, 0) is 13.0 Å². The monoisotopic (exact) mass is 390 g/mol. The Bertz CT molecular complexity index is 1220. The molecule has 0 spiro atoms. The maximum Gasteiger partial charge on any atom is 0.288 e. The molecule has 0 radical (unpaired) electrons. The number of rotatable bonds is 5. The molecule has 0 fully saturated rings. The molecule has 0 aliphatic carbocycles. The van der Waals surface area contributed by atoms with E-state index in [1.165, 1.54) is 22.7 Å². The average molecular weight is 390 g/mol. The molecule has 4 aromatic rings. The van der Waals surface area contributed by atoms with Crippen molar-refractivity contribution in [2.75, 3.05) is 0 Å². The summed E-state index contributed by atoms with van der Waals surface area (Å²) in [5, 5.41) is 2.79. The zero-order chi connectivity index (χ0) is 20.4. The molecule has 2 heterocycles. The van der Waals surface area contributed by atoms with Gasteiger partial charge in [0.05, 0.1) is 6.20 Å². The van der Waals surface area contributed by atoms with E-state index in [2.05, 4.69) is 5.32 Å². The number of nitrogens with zero attached hydrogens (tertiary/aromatic N) is 1. The van der Waals surface area contributed by atoms with Crippen LogP contribution in [0.5, 0.6) is 0 Å². The lowest BCUT2D eigenvalue weighted by Crippen LogP contribution is -2.22. The number of hydrogen-bond donors (Lipinski definition) is 1. The highest BCUT2D eigenvalue weighted by Crippen LogP contribution is 2.16. The van der Waals surface area contributed by atoms with Crippen molar-refractivity contribution in [1.29, 1.82) is 0 Å². The van der Waals surface area contributed by atoms with E-state index in [9.17, 15) is 14.0 Å². The number of fused-ring (bicyclic) bond motifs is 1. The van der Waals surface area contributed by atoms with Crippen LogP contribution in [0.4, 0.5) is 4.39 Å². The zero-order valence-electron chi connectivity index (χ0n) is 15.8. The number of nitrogens with one attached hydrogen (secondary N) is 1. The van der Waals surface area contributed by atoms with E-state index in [1.54, 1.807) is 18.2 Å². The van der Waals surface area contributed by atoms with E-state index >= 15 is 0 Å². The summed E-state index contributed by atoms with van der Waals surface area (Å²) in [5.41, 5.74) is 3.15. The molecule has 2 aromatic carbocycles. The van der Waals surface area contributed by atoms with Crippen molar-refractivity contribution in [3.8, 4) is 0 Å². The molecular weight excluding hydrogens is 371 g/mol. The molecule has 0 aliphatic rings. The van der Waals surface area contributed by atoms with Crippen molar-refractivity contribution in [2.45, 2.75) is 19.9 Å². The topological polar surface area (TPSA) is 63.7 Å². The smallest absolute Gasteiger partial charge is 0.288 e. The highest BCUT2D eigenvalue weighted by Gasteiger charge is 2.17. The Morgan fingerprint density at radius 2 is 1.79 bits per heavy atom. The van der Waals surface area contributed by atoms with Gasteiger partial charge in [0, 0.05) is 24.1 Å². The normalized spacial score (nSPS) is 11.0. The second-order valence-electron chi connectivity index (χ2n) is 6.90. The molecule has 2 aromatic heterocycles. The summed E-state index contributed by atoms with van der Waals surface area (Å²) in [7, 11) is 0. The molecule has 29 heavy (non-hydrogen) atoms. The minimum absolute atomic E-state index is 0.0695. The van der Waals surface area contributed by atoms with Gasteiger partial charge in [-0.25, -0.2) is 8.79 Å². The predicted octanol–water partition coefficient (Wildman–Crippen LogP) is 3.86. The minimum Gasteiger partial charge on any atom is -0.433 e. The third-order valence-electron chi connectivity index (χ3n) is 4.72. The maximum absolute atomic E-state index is 13.1. The number of aromatic nitrogens is 1. The maximum atomic E-state index is 13.1. The van der Waals surface area contributed by atoms with Gasteiger partial charge >= 0.3 is 0 Å². The number of oxazole rings is 1. The number of hydrogen-bond acceptors (Lipinski definition) is 3. The number of carbonyl (C=O) groups is 1. The van der Waals surface area contributed by atoms with Crippen molar-refractivity contribution >= 4 is 11.6 Å². The third-order valence-corrected chi connectivity index (χ3v) is 4.72. The first-order valence-corrected chi connectivity index (χ1v) is 9.22. The van der Waals surface area contributed by atoms with E-state index in [-0.39, 0.29) is 17.1 Å². The Morgan fingerprint density at radius 1 is 1.07 bits per heavy atom. The number of pyridine rings is 1. The van der Waals surface area contributed by atoms with Crippen LogP contribution in [0.3, 0.4) is 0 Å². The summed E-state index contributed by atoms with van der Waals surface area (Å²) in [6.07, 6.45) is 1.78. The van der Waals surface area contributed by atoms with Crippen LogP contribution in [0.15, 0.2) is 76.1 Å². The highest BCUT2D eigenvalue weighted by atomic mass is 19.1. The minimum atomic E-state index is -0.392. The molecule has 1 amide bonds. The van der Waals surface area contributed by atoms with Gasteiger partial charge in [0.1, 0.15) is 5.82 Å². The summed E-state index contributed by atoms with van der Waals surface area (Å²) in [5.74, 6) is -0.644. The van der Waals surface area contributed by atoms with Gasteiger partial charge in [0.25, 0.3) is 11.5 Å². The van der Waals surface area contributed by atoms with Gasteiger partial charge in [-0.1, -0.05) is 42.5 Å². The lowest BCUT2D eigenvalue weighted by Gasteiger charge is -2.04. The van der Waals surface area contributed by atoms with Crippen molar-refractivity contribution in [3.05, 3.63) is 111 Å². The van der Waals surface area contributed by atoms with Gasteiger partial charge in [-0.05, 0) is 36.2 Å². The molecular formula is C23H19FN2O3. The largest absolute Gasteiger partial charge is 0.433 e. The van der Waals surface area contributed by atoms with Crippen LogP contribution < -0.4 is 10.9 Å². The fourth-order valence-electron chi connectivity index (χ4n) is 3.24. The van der Waals surface area contributed by atoms with Gasteiger partial charge in [0.15, 0.2) is 0 Å². The van der Waals surface area contributed by atoms with Gasteiger partial charge in [-0.2, -0.15) is 0 Å². The van der Waals surface area contributed by atoms with E-state index in [1.807, 2.05) is 37.3 Å². The lowest BCUT2D eigenvalue weighted by atomic mass is 10.1. The van der Waals surface area contributed by atoms with E-state index < -0.39 is 5.91 Å². The fourth-order valence-corrected chi connectivity index (χ4v) is 3.24. The average Bonchev–Trinajstić information content (AvgIpc) is 3.19. The standard InChI is InChI=1S/C23H19FN2O3/c1-15-11-18(12-16-7-9-19(24)10-8-16)22(28)26-14-20(29-23(15)26)21(27)25-13-17-5-3-2-4-6-17/h2-11,14H,12-13H2,1H3,(H,25,27). The number of aryl methyl sites for hydroxylation is 1. The van der Waals surface area contributed by atoms with Crippen LogP contribution in [0.25, 0.3) is 5.71 Å². The van der Waals surface area contributed by atoms with Crippen molar-refractivity contribution in [3.63, 3.8) is 0 Å². The molecule has 0 saturated heterocycles. The van der Waals surface area contributed by atoms with Gasteiger partial charge in [0.2, 0.25) is 11.5 Å². The molecule has 0 saturated carbocycles. The Kier molecular flexibility index (Phi) is 4.99. The Morgan fingerprint density at radius 3 is 2.52 bits per heavy atom. The molecule has 5 nitrogen and oxygen atoms in total. The van der Waals surface area contributed by atoms with E-state index in [4.69, 9.17) is 4.42 Å². The molecule has 1 N–H and O–H groups in total. The molecule has 0 aliphatic heterocycles. The molecule has 0 unspecified atom stereocenters. The SMILES string of the molecule is Cc1cc(Cc2ccc(F)cc2)c(=O)n2cc(C(=O)NCc3ccccc3)oc12. The predicted molar refractivity (Wildman–Crippen MR) is 107 cm³/mol. The van der Waals surface area contributed by atoms with Crippen LogP contribution in [-0.4, -0.2) is 10.3 Å². The quantitative estimate of drug-likeness (QED) is 0.563. The van der Waals surface area contributed by atoms with Crippen molar-refractivity contribution < 1.29 is 13.6 Å². The van der Waals surface area contributed by atoms with Crippen molar-refractivity contribution in [1.82, 2.24) is 9.72 Å². The first-order valence-electron chi connectivity index (χ1n) is 9.22. The Labute approximate surface area is 166 Å². The summed E-state index contributed by atoms with van der Waals surface area (Å²) < 4.78 is 20.1. The molecule has 0 bridgehead atoms. The third kappa shape index (κ3) is 3.96. The number of carbonyl (C=O) groups excluding carboxylic acids is 1. The highest BCUT2D eigenvalue weighted by molar-refractivity contribution is 5.91. The second-order valence-corrected chi connectivity index (χ2v) is 6.90. The zero-order valence-corrected chi connectivity index (χ0v) is 15.8. The van der Waals surface area contributed by atoms with Crippen LogP contribution in [0, 0.1) is 12.7 Å². The Hall–Kier alpha value is -3.67. The molecule has 4 rings (SSSR count). The first-order chi connectivity index (χ1) is 14.0. The Balaban J connectivity index is 1.60. The van der Waals surface area contributed by atoms with Crippen LogP contribution >= 0.6 is 0 Å². The summed E-state index contributed by atoms with van der Waals surface area (Å²) in [6, 6.07) is 17.3. The van der Waals surface area contributed by atoms with E-state index in [0.29, 0.717) is 24.2 Å². The lowest BCUT2D eigenvalue weighted by molar-refractivity contribution is 0.0925. The number of benzene rings is 2. The van der Waals surface area contributed by atoms with Gasteiger partial charge in [-0.3, -0.25) is 9.59 Å². The van der Waals surface area contributed by atoms with Gasteiger partial charge < -0.3 is 9.73 Å². The number of amides is 1. The molecule has 146 valence electrons. The van der Waals surface area contributed by atoms with Crippen LogP contribution in [0.2, 0.25) is 0 Å². The molecule has 6 heteroatoms. The summed E-state index contributed by atoms with van der Waals surface area (Å²) >= 11 is 0. The fraction of sp³-hybridized carbons (Fsp3) is 0.130. The second kappa shape index (κ2) is 7.75. The number of halogens is 1. The molecule has 0 atom stereocenters. The van der Waals surface area contributed by atoms with E-state index in [0.717, 1.165) is 16.7 Å².